The molecular formula is C15H25NO. The molecular weight excluding hydrogens is 210 g/mol. The van der Waals surface area contributed by atoms with E-state index in [0.29, 0.717) is 6.04 Å². The molecule has 17 heavy (non-hydrogen) atoms. The molecule has 0 aliphatic carbocycles. The monoisotopic (exact) mass is 235 g/mol. The van der Waals surface area contributed by atoms with E-state index < -0.39 is 0 Å². The van der Waals surface area contributed by atoms with Crippen molar-refractivity contribution >= 4 is 0 Å². The quantitative estimate of drug-likeness (QED) is 0.778. The van der Waals surface area contributed by atoms with Gasteiger partial charge in [-0.2, -0.15) is 0 Å². The maximum atomic E-state index is 5.77. The Labute approximate surface area is 105 Å². The first-order chi connectivity index (χ1) is 8.17. The standard InChI is InChI=1S/C15H25NO/c1-5-9-17-15-8-7-12(3)10-14(15)11-16-13(4)6-2/h7-8,10,13,16H,5-6,9,11H2,1-4H3/t13-/m0/s1. The third-order valence-corrected chi connectivity index (χ3v) is 2.93. The van der Waals surface area contributed by atoms with Crippen LogP contribution in [0.3, 0.4) is 0 Å². The molecule has 0 spiro atoms. The van der Waals surface area contributed by atoms with E-state index >= 15 is 0 Å². The van der Waals surface area contributed by atoms with Crippen molar-refractivity contribution in [1.29, 1.82) is 0 Å². The maximum Gasteiger partial charge on any atom is 0.123 e. The van der Waals surface area contributed by atoms with Crippen LogP contribution in [0.4, 0.5) is 0 Å². The Morgan fingerprint density at radius 3 is 2.71 bits per heavy atom. The third-order valence-electron chi connectivity index (χ3n) is 2.93. The fourth-order valence-corrected chi connectivity index (χ4v) is 1.63. The number of hydrogen-bond acceptors (Lipinski definition) is 2. The smallest absolute Gasteiger partial charge is 0.123 e. The zero-order chi connectivity index (χ0) is 12.7. The average molecular weight is 235 g/mol. The van der Waals surface area contributed by atoms with Gasteiger partial charge in [0, 0.05) is 18.2 Å². The predicted molar refractivity (Wildman–Crippen MR) is 73.6 cm³/mol. The number of nitrogens with one attached hydrogen (secondary N) is 1. The zero-order valence-electron chi connectivity index (χ0n) is 11.5. The van der Waals surface area contributed by atoms with Crippen molar-refractivity contribution < 1.29 is 4.74 Å². The molecule has 0 amide bonds. The van der Waals surface area contributed by atoms with Crippen LogP contribution in [0.5, 0.6) is 5.75 Å². The van der Waals surface area contributed by atoms with Crippen molar-refractivity contribution in [2.45, 2.75) is 53.1 Å². The zero-order valence-corrected chi connectivity index (χ0v) is 11.5. The van der Waals surface area contributed by atoms with Gasteiger partial charge in [0.1, 0.15) is 5.75 Å². The predicted octanol–water partition coefficient (Wildman–Crippen LogP) is 3.67. The molecule has 1 N–H and O–H groups in total. The summed E-state index contributed by atoms with van der Waals surface area (Å²) in [6.07, 6.45) is 2.20. The van der Waals surface area contributed by atoms with Gasteiger partial charge in [0.25, 0.3) is 0 Å². The van der Waals surface area contributed by atoms with E-state index in [0.717, 1.165) is 31.7 Å². The highest BCUT2D eigenvalue weighted by molar-refractivity contribution is 5.36. The Bertz CT molecular complexity index is 336. The average Bonchev–Trinajstić information content (AvgIpc) is 2.34. The summed E-state index contributed by atoms with van der Waals surface area (Å²) in [6.45, 7) is 10.3. The summed E-state index contributed by atoms with van der Waals surface area (Å²) in [5.41, 5.74) is 2.55. The molecule has 0 heterocycles. The molecule has 2 heteroatoms. The highest BCUT2D eigenvalue weighted by atomic mass is 16.5. The van der Waals surface area contributed by atoms with Gasteiger partial charge in [0.2, 0.25) is 0 Å². The molecule has 1 aromatic rings. The molecule has 0 fully saturated rings. The minimum atomic E-state index is 0.550. The van der Waals surface area contributed by atoms with Crippen LogP contribution in [-0.4, -0.2) is 12.6 Å². The molecule has 0 aromatic heterocycles. The second-order valence-corrected chi connectivity index (χ2v) is 4.65. The lowest BCUT2D eigenvalue weighted by atomic mass is 10.1. The first-order valence-corrected chi connectivity index (χ1v) is 6.63. The summed E-state index contributed by atoms with van der Waals surface area (Å²) < 4.78 is 5.77. The lowest BCUT2D eigenvalue weighted by Crippen LogP contribution is -2.24. The Balaban J connectivity index is 2.69. The van der Waals surface area contributed by atoms with Gasteiger partial charge in [-0.3, -0.25) is 0 Å². The molecule has 1 rings (SSSR count). The summed E-state index contributed by atoms with van der Waals surface area (Å²) in [7, 11) is 0. The summed E-state index contributed by atoms with van der Waals surface area (Å²) in [6, 6.07) is 6.95. The van der Waals surface area contributed by atoms with Gasteiger partial charge >= 0.3 is 0 Å². The highest BCUT2D eigenvalue weighted by Crippen LogP contribution is 2.20. The molecule has 0 saturated heterocycles. The van der Waals surface area contributed by atoms with Crippen LogP contribution in [0.2, 0.25) is 0 Å². The molecule has 1 atom stereocenters. The van der Waals surface area contributed by atoms with Crippen LogP contribution in [0, 0.1) is 6.92 Å². The molecule has 0 bridgehead atoms. The molecule has 0 aliphatic heterocycles. The third kappa shape index (κ3) is 4.78. The minimum absolute atomic E-state index is 0.550. The Morgan fingerprint density at radius 2 is 2.06 bits per heavy atom. The Kier molecular flexibility index (Phi) is 6.06. The van der Waals surface area contributed by atoms with E-state index in [2.05, 4.69) is 51.2 Å². The number of ether oxygens (including phenoxy) is 1. The van der Waals surface area contributed by atoms with Crippen molar-refractivity contribution in [2.75, 3.05) is 6.61 Å². The van der Waals surface area contributed by atoms with Gasteiger partial charge in [-0.1, -0.05) is 31.5 Å². The first-order valence-electron chi connectivity index (χ1n) is 6.63. The lowest BCUT2D eigenvalue weighted by molar-refractivity contribution is 0.312. The van der Waals surface area contributed by atoms with Crippen LogP contribution < -0.4 is 10.1 Å². The largest absolute Gasteiger partial charge is 0.493 e. The molecule has 96 valence electrons. The van der Waals surface area contributed by atoms with Crippen LogP contribution in [0.25, 0.3) is 0 Å². The number of rotatable bonds is 7. The normalized spacial score (nSPS) is 12.5. The molecule has 0 unspecified atom stereocenters. The van der Waals surface area contributed by atoms with Gasteiger partial charge in [-0.25, -0.2) is 0 Å². The van der Waals surface area contributed by atoms with E-state index in [9.17, 15) is 0 Å². The van der Waals surface area contributed by atoms with Crippen LogP contribution in [-0.2, 0) is 6.54 Å². The summed E-state index contributed by atoms with van der Waals surface area (Å²) in [4.78, 5) is 0. The molecule has 0 aliphatic rings. The van der Waals surface area contributed by atoms with Crippen molar-refractivity contribution in [3.63, 3.8) is 0 Å². The number of aryl methyl sites for hydroxylation is 1. The van der Waals surface area contributed by atoms with Crippen molar-refractivity contribution in [2.24, 2.45) is 0 Å². The van der Waals surface area contributed by atoms with Crippen LogP contribution in [0.1, 0.15) is 44.7 Å². The SMILES string of the molecule is CCCOc1ccc(C)cc1CN[C@@H](C)CC. The second-order valence-electron chi connectivity index (χ2n) is 4.65. The van der Waals surface area contributed by atoms with Crippen LogP contribution >= 0.6 is 0 Å². The van der Waals surface area contributed by atoms with E-state index in [-0.39, 0.29) is 0 Å². The topological polar surface area (TPSA) is 21.3 Å². The van der Waals surface area contributed by atoms with E-state index in [1.165, 1.54) is 11.1 Å². The van der Waals surface area contributed by atoms with Crippen molar-refractivity contribution in [1.82, 2.24) is 5.32 Å². The minimum Gasteiger partial charge on any atom is -0.493 e. The van der Waals surface area contributed by atoms with E-state index in [4.69, 9.17) is 4.74 Å². The fraction of sp³-hybridized carbons (Fsp3) is 0.600. The van der Waals surface area contributed by atoms with Gasteiger partial charge in [-0.05, 0) is 32.8 Å². The second kappa shape index (κ2) is 7.33. The number of hydrogen-bond donors (Lipinski definition) is 1. The summed E-state index contributed by atoms with van der Waals surface area (Å²) in [5, 5.41) is 3.51. The fourth-order valence-electron chi connectivity index (χ4n) is 1.63. The van der Waals surface area contributed by atoms with Gasteiger partial charge < -0.3 is 10.1 Å². The molecule has 2 nitrogen and oxygen atoms in total. The summed E-state index contributed by atoms with van der Waals surface area (Å²) in [5.74, 6) is 1.02. The Hall–Kier alpha value is -1.02. The van der Waals surface area contributed by atoms with Crippen molar-refractivity contribution in [3.8, 4) is 5.75 Å². The van der Waals surface area contributed by atoms with Gasteiger partial charge in [0.15, 0.2) is 0 Å². The molecule has 0 saturated carbocycles. The number of benzene rings is 1. The first kappa shape index (κ1) is 14.0. The van der Waals surface area contributed by atoms with Crippen LogP contribution in [0.15, 0.2) is 18.2 Å². The Morgan fingerprint density at radius 1 is 1.29 bits per heavy atom. The molecule has 1 aromatic carbocycles. The van der Waals surface area contributed by atoms with E-state index in [1.54, 1.807) is 0 Å². The maximum absolute atomic E-state index is 5.77. The highest BCUT2D eigenvalue weighted by Gasteiger charge is 2.05. The van der Waals surface area contributed by atoms with Crippen molar-refractivity contribution in [3.05, 3.63) is 29.3 Å². The van der Waals surface area contributed by atoms with E-state index in [1.807, 2.05) is 0 Å². The lowest BCUT2D eigenvalue weighted by Gasteiger charge is -2.15. The van der Waals surface area contributed by atoms with Gasteiger partial charge in [0.05, 0.1) is 6.61 Å². The summed E-state index contributed by atoms with van der Waals surface area (Å²) >= 11 is 0. The van der Waals surface area contributed by atoms with Gasteiger partial charge in [-0.15, -0.1) is 0 Å². The molecule has 0 radical (unpaired) electrons.